The summed E-state index contributed by atoms with van der Waals surface area (Å²) in [7, 11) is 3.21. The van der Waals surface area contributed by atoms with Crippen LogP contribution in [0, 0.1) is 3.57 Å². The molecule has 0 amide bonds. The Balaban J connectivity index is 1.80. The number of aromatic nitrogens is 2. The van der Waals surface area contributed by atoms with Gasteiger partial charge in [-0.15, -0.1) is 0 Å². The second-order valence-electron chi connectivity index (χ2n) is 6.76. The van der Waals surface area contributed by atoms with Gasteiger partial charge in [0.1, 0.15) is 0 Å². The van der Waals surface area contributed by atoms with Crippen molar-refractivity contribution in [1.29, 1.82) is 0 Å². The van der Waals surface area contributed by atoms with Crippen LogP contribution in [0.4, 0.5) is 5.95 Å². The highest BCUT2D eigenvalue weighted by Crippen LogP contribution is 2.28. The summed E-state index contributed by atoms with van der Waals surface area (Å²) < 4.78 is 14.2. The van der Waals surface area contributed by atoms with E-state index in [1.165, 1.54) is 0 Å². The Morgan fingerprint density at radius 1 is 1.03 bits per heavy atom. The molecule has 31 heavy (non-hydrogen) atoms. The summed E-state index contributed by atoms with van der Waals surface area (Å²) in [6, 6.07) is 19.0. The second kappa shape index (κ2) is 9.27. The molecule has 8 heteroatoms. The Morgan fingerprint density at radius 2 is 1.84 bits per heavy atom. The molecule has 3 aromatic carbocycles. The van der Waals surface area contributed by atoms with Gasteiger partial charge in [-0.1, -0.05) is 28.1 Å². The van der Waals surface area contributed by atoms with Crippen molar-refractivity contribution in [2.75, 3.05) is 19.5 Å². The van der Waals surface area contributed by atoms with Crippen molar-refractivity contribution in [3.05, 3.63) is 84.6 Å². The van der Waals surface area contributed by atoms with Gasteiger partial charge in [0.05, 0.1) is 30.8 Å². The molecule has 0 fully saturated rings. The van der Waals surface area contributed by atoms with Crippen LogP contribution in [0.25, 0.3) is 16.6 Å². The quantitative estimate of drug-likeness (QED) is 0.305. The van der Waals surface area contributed by atoms with Gasteiger partial charge in [0, 0.05) is 14.6 Å². The van der Waals surface area contributed by atoms with Crippen LogP contribution < -0.4 is 20.3 Å². The minimum Gasteiger partial charge on any atom is -0.493 e. The zero-order valence-electron chi connectivity index (χ0n) is 16.9. The number of hydrogen-bond acceptors (Lipinski definition) is 5. The van der Waals surface area contributed by atoms with Gasteiger partial charge in [-0.3, -0.25) is 4.79 Å². The van der Waals surface area contributed by atoms with Gasteiger partial charge in [-0.25, -0.2) is 9.55 Å². The van der Waals surface area contributed by atoms with E-state index in [9.17, 15) is 4.79 Å². The molecule has 4 rings (SSSR count). The van der Waals surface area contributed by atoms with Crippen molar-refractivity contribution in [2.24, 2.45) is 0 Å². The topological polar surface area (TPSA) is 65.4 Å². The van der Waals surface area contributed by atoms with Crippen LogP contribution in [0.1, 0.15) is 5.56 Å². The van der Waals surface area contributed by atoms with Crippen molar-refractivity contribution < 1.29 is 9.47 Å². The van der Waals surface area contributed by atoms with Gasteiger partial charge in [0.25, 0.3) is 5.56 Å². The van der Waals surface area contributed by atoms with Crippen molar-refractivity contribution in [3.63, 3.8) is 0 Å². The van der Waals surface area contributed by atoms with Gasteiger partial charge in [-0.05, 0) is 76.7 Å². The summed E-state index contributed by atoms with van der Waals surface area (Å²) >= 11 is 5.69. The third kappa shape index (κ3) is 4.54. The van der Waals surface area contributed by atoms with E-state index in [1.54, 1.807) is 18.8 Å². The number of methoxy groups -OCH3 is 2. The molecule has 158 valence electrons. The van der Waals surface area contributed by atoms with E-state index in [2.05, 4.69) is 43.8 Å². The average Bonchev–Trinajstić information content (AvgIpc) is 2.78. The van der Waals surface area contributed by atoms with E-state index in [0.717, 1.165) is 19.3 Å². The molecule has 6 nitrogen and oxygen atoms in total. The fourth-order valence-corrected chi connectivity index (χ4v) is 4.18. The van der Waals surface area contributed by atoms with Crippen LogP contribution in [0.5, 0.6) is 11.5 Å². The molecule has 0 saturated carbocycles. The number of rotatable bonds is 6. The normalized spacial score (nSPS) is 10.8. The van der Waals surface area contributed by atoms with Crippen molar-refractivity contribution in [1.82, 2.24) is 9.55 Å². The highest BCUT2D eigenvalue weighted by Gasteiger charge is 2.14. The lowest BCUT2D eigenvalue weighted by molar-refractivity contribution is 0.354. The molecule has 0 saturated heterocycles. The number of halogens is 2. The van der Waals surface area contributed by atoms with Crippen LogP contribution >= 0.6 is 38.5 Å². The zero-order chi connectivity index (χ0) is 22.0. The number of nitrogens with one attached hydrogen (secondary N) is 1. The fraction of sp³-hybridized carbons (Fsp3) is 0.130. The molecule has 0 bridgehead atoms. The summed E-state index contributed by atoms with van der Waals surface area (Å²) in [6.07, 6.45) is 0. The second-order valence-corrected chi connectivity index (χ2v) is 8.92. The van der Waals surface area contributed by atoms with Gasteiger partial charge < -0.3 is 14.8 Å². The Morgan fingerprint density at radius 3 is 2.58 bits per heavy atom. The minimum atomic E-state index is -0.128. The van der Waals surface area contributed by atoms with Crippen molar-refractivity contribution in [3.8, 4) is 17.2 Å². The SMILES string of the molecule is COc1ccc(CNc2nc3ccc(I)cc3c(=O)n2-c2cccc(Br)c2)cc1OC. The fourth-order valence-electron chi connectivity index (χ4n) is 3.30. The third-order valence-electron chi connectivity index (χ3n) is 4.80. The van der Waals surface area contributed by atoms with Crippen molar-refractivity contribution >= 4 is 55.4 Å². The summed E-state index contributed by atoms with van der Waals surface area (Å²) in [6.45, 7) is 0.455. The summed E-state index contributed by atoms with van der Waals surface area (Å²) in [4.78, 5) is 18.2. The molecule has 0 spiro atoms. The number of nitrogens with zero attached hydrogens (tertiary/aromatic N) is 2. The smallest absolute Gasteiger partial charge is 0.267 e. The highest BCUT2D eigenvalue weighted by atomic mass is 127. The Hall–Kier alpha value is -2.59. The molecular weight excluding hydrogens is 573 g/mol. The molecular formula is C23H19BrIN3O3. The van der Waals surface area contributed by atoms with E-state index >= 15 is 0 Å². The van der Waals surface area contributed by atoms with E-state index in [0.29, 0.717) is 34.9 Å². The summed E-state index contributed by atoms with van der Waals surface area (Å²) in [5, 5.41) is 3.89. The maximum absolute atomic E-state index is 13.4. The first-order valence-corrected chi connectivity index (χ1v) is 11.3. The molecule has 0 aliphatic rings. The van der Waals surface area contributed by atoms with E-state index < -0.39 is 0 Å². The van der Waals surface area contributed by atoms with Gasteiger partial charge in [0.15, 0.2) is 11.5 Å². The molecule has 0 aliphatic carbocycles. The largest absolute Gasteiger partial charge is 0.493 e. The van der Waals surface area contributed by atoms with Crippen molar-refractivity contribution in [2.45, 2.75) is 6.54 Å². The molecule has 0 radical (unpaired) electrons. The first kappa shape index (κ1) is 21.6. The molecule has 0 unspecified atom stereocenters. The van der Waals surface area contributed by atoms with E-state index in [1.807, 2.05) is 60.7 Å². The monoisotopic (exact) mass is 591 g/mol. The van der Waals surface area contributed by atoms with Gasteiger partial charge >= 0.3 is 0 Å². The van der Waals surface area contributed by atoms with Gasteiger partial charge in [0.2, 0.25) is 5.95 Å². The molecule has 4 aromatic rings. The zero-order valence-corrected chi connectivity index (χ0v) is 20.6. The molecule has 1 aromatic heterocycles. The maximum Gasteiger partial charge on any atom is 0.267 e. The lowest BCUT2D eigenvalue weighted by Crippen LogP contribution is -2.24. The highest BCUT2D eigenvalue weighted by molar-refractivity contribution is 14.1. The molecule has 0 aliphatic heterocycles. The Kier molecular flexibility index (Phi) is 6.47. The first-order valence-electron chi connectivity index (χ1n) is 9.43. The number of ether oxygens (including phenoxy) is 2. The summed E-state index contributed by atoms with van der Waals surface area (Å²) in [5.41, 5.74) is 2.21. The molecule has 0 atom stereocenters. The third-order valence-corrected chi connectivity index (χ3v) is 5.96. The summed E-state index contributed by atoms with van der Waals surface area (Å²) in [5.74, 6) is 1.77. The number of fused-ring (bicyclic) bond motifs is 1. The maximum atomic E-state index is 13.4. The number of anilines is 1. The van der Waals surface area contributed by atoms with E-state index in [-0.39, 0.29) is 5.56 Å². The minimum absolute atomic E-state index is 0.128. The lowest BCUT2D eigenvalue weighted by atomic mass is 10.2. The van der Waals surface area contributed by atoms with Crippen LogP contribution in [0.3, 0.4) is 0 Å². The Labute approximate surface area is 201 Å². The number of benzene rings is 3. The average molecular weight is 592 g/mol. The van der Waals surface area contributed by atoms with Gasteiger partial charge in [-0.2, -0.15) is 0 Å². The molecule has 1 N–H and O–H groups in total. The molecule has 1 heterocycles. The van der Waals surface area contributed by atoms with Crippen LogP contribution in [-0.4, -0.2) is 23.8 Å². The van der Waals surface area contributed by atoms with Crippen LogP contribution in [0.2, 0.25) is 0 Å². The predicted molar refractivity (Wildman–Crippen MR) is 135 cm³/mol. The van der Waals surface area contributed by atoms with E-state index in [4.69, 9.17) is 14.5 Å². The van der Waals surface area contributed by atoms with Crippen LogP contribution in [-0.2, 0) is 6.54 Å². The Bertz CT molecular complexity index is 1320. The standard InChI is InChI=1S/C23H19BrIN3O3/c1-30-20-9-6-14(10-21(20)31-2)13-26-23-27-19-8-7-16(25)12-18(19)22(29)28(23)17-5-3-4-15(24)11-17/h3-12H,13H2,1-2H3,(H,26,27). The first-order chi connectivity index (χ1) is 15.0. The lowest BCUT2D eigenvalue weighted by Gasteiger charge is -2.16. The number of hydrogen-bond donors (Lipinski definition) is 1. The van der Waals surface area contributed by atoms with Crippen LogP contribution in [0.15, 0.2) is 69.9 Å². The predicted octanol–water partition coefficient (Wildman–Crippen LogP) is 5.38.